The van der Waals surface area contributed by atoms with Crippen molar-refractivity contribution in [3.8, 4) is 11.4 Å². The first kappa shape index (κ1) is 23.0. The highest BCUT2D eigenvalue weighted by Gasteiger charge is 2.51. The van der Waals surface area contributed by atoms with Gasteiger partial charge in [0.05, 0.1) is 5.69 Å². The number of amides is 4. The summed E-state index contributed by atoms with van der Waals surface area (Å²) in [6.45, 7) is 0. The van der Waals surface area contributed by atoms with E-state index in [1.54, 1.807) is 47.2 Å². The Morgan fingerprint density at radius 2 is 1.42 bits per heavy atom. The van der Waals surface area contributed by atoms with Crippen molar-refractivity contribution >= 4 is 29.6 Å². The maximum absolute atomic E-state index is 13.5. The minimum atomic E-state index is -0.742. The number of phenols is 1. The van der Waals surface area contributed by atoms with Gasteiger partial charge in [-0.15, -0.1) is 0 Å². The van der Waals surface area contributed by atoms with Crippen LogP contribution in [0.1, 0.15) is 49.8 Å². The molecule has 7 heteroatoms. The molecule has 5 aliphatic rings. The molecule has 0 atom stereocenters. The molecule has 1 aliphatic heterocycles. The summed E-state index contributed by atoms with van der Waals surface area (Å²) in [7, 11) is 0. The standard InChI is InChI=1S/C31H29N3O4/c35-26-9-7-23(8-10-26)33-11-1-2-25(33)15-27-28(36)32-30(38)34(29(27)37)24-5-3-22(4-6-24)31-16-19-12-20(17-31)14-21(13-19)18-31/h1-11,15,19-21,35H,12-14,16-18H2,(H,32,36,38)/b27-15+. The molecule has 2 N–H and O–H groups in total. The molecule has 1 saturated heterocycles. The number of imide groups is 2. The van der Waals surface area contributed by atoms with Crippen LogP contribution in [0.3, 0.4) is 0 Å². The second kappa shape index (κ2) is 8.45. The normalized spacial score (nSPS) is 29.3. The lowest BCUT2D eigenvalue weighted by Gasteiger charge is -2.57. The number of rotatable bonds is 4. The molecule has 5 fully saturated rings. The van der Waals surface area contributed by atoms with E-state index in [4.69, 9.17) is 0 Å². The molecule has 0 radical (unpaired) electrons. The number of carbonyl (C=O) groups is 3. The molecule has 38 heavy (non-hydrogen) atoms. The molecule has 2 aromatic carbocycles. The summed E-state index contributed by atoms with van der Waals surface area (Å²) in [6.07, 6.45) is 11.1. The zero-order valence-corrected chi connectivity index (χ0v) is 21.0. The van der Waals surface area contributed by atoms with E-state index in [1.165, 1.54) is 50.2 Å². The number of urea groups is 1. The summed E-state index contributed by atoms with van der Waals surface area (Å²) in [5.41, 5.74) is 3.23. The van der Waals surface area contributed by atoms with E-state index < -0.39 is 17.8 Å². The van der Waals surface area contributed by atoms with Crippen molar-refractivity contribution in [1.29, 1.82) is 0 Å². The lowest BCUT2D eigenvalue weighted by Crippen LogP contribution is -2.54. The van der Waals surface area contributed by atoms with Gasteiger partial charge in [0, 0.05) is 17.6 Å². The number of anilines is 1. The molecule has 4 bridgehead atoms. The van der Waals surface area contributed by atoms with Crippen molar-refractivity contribution in [1.82, 2.24) is 9.88 Å². The Bertz CT molecular complexity index is 1450. The summed E-state index contributed by atoms with van der Waals surface area (Å²) >= 11 is 0. The monoisotopic (exact) mass is 507 g/mol. The average Bonchev–Trinajstić information content (AvgIpc) is 3.35. The van der Waals surface area contributed by atoms with E-state index in [0.717, 1.165) is 28.3 Å². The van der Waals surface area contributed by atoms with E-state index >= 15 is 0 Å². The molecule has 0 spiro atoms. The zero-order valence-electron chi connectivity index (χ0n) is 21.0. The average molecular weight is 508 g/mol. The Morgan fingerprint density at radius 1 is 0.816 bits per heavy atom. The van der Waals surface area contributed by atoms with Crippen LogP contribution in [0.2, 0.25) is 0 Å². The van der Waals surface area contributed by atoms with Crippen molar-refractivity contribution in [3.05, 3.63) is 83.7 Å². The van der Waals surface area contributed by atoms with Crippen LogP contribution in [0.4, 0.5) is 10.5 Å². The van der Waals surface area contributed by atoms with Gasteiger partial charge < -0.3 is 9.67 Å². The van der Waals surface area contributed by atoms with Gasteiger partial charge in [0.15, 0.2) is 0 Å². The number of benzene rings is 2. The van der Waals surface area contributed by atoms with Crippen molar-refractivity contribution in [2.24, 2.45) is 17.8 Å². The number of nitrogens with zero attached hydrogens (tertiary/aromatic N) is 2. The summed E-state index contributed by atoms with van der Waals surface area (Å²) in [4.78, 5) is 40.1. The fraction of sp³-hybridized carbons (Fsp3) is 0.323. The molecule has 0 unspecified atom stereocenters. The fourth-order valence-electron chi connectivity index (χ4n) is 7.83. The molecular formula is C31H29N3O4. The van der Waals surface area contributed by atoms with Crippen molar-refractivity contribution in [2.45, 2.75) is 43.9 Å². The number of barbiturate groups is 1. The lowest BCUT2D eigenvalue weighted by atomic mass is 9.48. The molecular weight excluding hydrogens is 478 g/mol. The quantitative estimate of drug-likeness (QED) is 0.370. The summed E-state index contributed by atoms with van der Waals surface area (Å²) < 4.78 is 1.80. The minimum Gasteiger partial charge on any atom is -0.508 e. The number of carbonyl (C=O) groups excluding carboxylic acids is 3. The molecule has 4 aliphatic carbocycles. The smallest absolute Gasteiger partial charge is 0.335 e. The Labute approximate surface area is 220 Å². The molecule has 3 aromatic rings. The number of phenolic OH excluding ortho intramolecular Hbond substituents is 1. The Balaban J connectivity index is 1.18. The molecule has 192 valence electrons. The van der Waals surface area contributed by atoms with Gasteiger partial charge in [0.2, 0.25) is 0 Å². The maximum Gasteiger partial charge on any atom is 0.335 e. The topological polar surface area (TPSA) is 91.6 Å². The Hall–Kier alpha value is -4.13. The van der Waals surface area contributed by atoms with Crippen LogP contribution in [0.5, 0.6) is 5.75 Å². The van der Waals surface area contributed by atoms with Crippen LogP contribution >= 0.6 is 0 Å². The van der Waals surface area contributed by atoms with E-state index in [1.807, 2.05) is 12.1 Å². The first-order valence-corrected chi connectivity index (χ1v) is 13.4. The van der Waals surface area contributed by atoms with Gasteiger partial charge in [-0.3, -0.25) is 14.9 Å². The van der Waals surface area contributed by atoms with E-state index in [0.29, 0.717) is 11.4 Å². The van der Waals surface area contributed by atoms with Crippen LogP contribution in [0.25, 0.3) is 11.8 Å². The predicted octanol–water partition coefficient (Wildman–Crippen LogP) is 5.32. The number of hydrogen-bond donors (Lipinski definition) is 2. The summed E-state index contributed by atoms with van der Waals surface area (Å²) in [5, 5.41) is 11.9. The van der Waals surface area contributed by atoms with Crippen LogP contribution in [0, 0.1) is 17.8 Å². The summed E-state index contributed by atoms with van der Waals surface area (Å²) in [6, 6.07) is 17.3. The van der Waals surface area contributed by atoms with E-state index in [9.17, 15) is 19.5 Å². The van der Waals surface area contributed by atoms with Crippen LogP contribution in [-0.2, 0) is 15.0 Å². The maximum atomic E-state index is 13.5. The molecule has 4 saturated carbocycles. The largest absolute Gasteiger partial charge is 0.508 e. The first-order valence-electron chi connectivity index (χ1n) is 13.4. The molecule has 4 amide bonds. The second-order valence-electron chi connectivity index (χ2n) is 11.5. The van der Waals surface area contributed by atoms with Gasteiger partial charge in [-0.05, 0) is 122 Å². The van der Waals surface area contributed by atoms with Gasteiger partial charge in [-0.1, -0.05) is 12.1 Å². The number of hydrogen-bond acceptors (Lipinski definition) is 4. The fourth-order valence-corrected chi connectivity index (χ4v) is 7.83. The number of nitrogens with one attached hydrogen (secondary N) is 1. The van der Waals surface area contributed by atoms with Gasteiger partial charge in [-0.2, -0.15) is 0 Å². The van der Waals surface area contributed by atoms with Gasteiger partial charge in [0.1, 0.15) is 11.3 Å². The highest BCUT2D eigenvalue weighted by Crippen LogP contribution is 2.60. The van der Waals surface area contributed by atoms with Crippen molar-refractivity contribution in [3.63, 3.8) is 0 Å². The highest BCUT2D eigenvalue weighted by atomic mass is 16.3. The van der Waals surface area contributed by atoms with Gasteiger partial charge in [-0.25, -0.2) is 9.69 Å². The van der Waals surface area contributed by atoms with Crippen molar-refractivity contribution in [2.75, 3.05) is 4.90 Å². The third-order valence-corrected chi connectivity index (χ3v) is 9.08. The molecule has 8 rings (SSSR count). The third kappa shape index (κ3) is 3.68. The Kier molecular flexibility index (Phi) is 5.12. The van der Waals surface area contributed by atoms with Crippen LogP contribution in [-0.4, -0.2) is 27.5 Å². The molecule has 1 aromatic heterocycles. The van der Waals surface area contributed by atoms with E-state index in [-0.39, 0.29) is 16.7 Å². The SMILES string of the molecule is O=C1NC(=O)N(c2ccc(C34CC5CC(CC(C5)C3)C4)cc2)C(=O)/C1=C/c1cccn1-c1ccc(O)cc1. The molecule has 7 nitrogen and oxygen atoms in total. The van der Waals surface area contributed by atoms with Crippen LogP contribution < -0.4 is 10.2 Å². The third-order valence-electron chi connectivity index (χ3n) is 9.08. The number of aromatic nitrogens is 1. The Morgan fingerprint density at radius 3 is 2.05 bits per heavy atom. The number of aromatic hydroxyl groups is 1. The predicted molar refractivity (Wildman–Crippen MR) is 143 cm³/mol. The minimum absolute atomic E-state index is 0.117. The summed E-state index contributed by atoms with van der Waals surface area (Å²) in [5.74, 6) is 1.25. The van der Waals surface area contributed by atoms with Crippen LogP contribution in [0.15, 0.2) is 72.4 Å². The molecule has 2 heterocycles. The zero-order chi connectivity index (χ0) is 26.0. The van der Waals surface area contributed by atoms with Crippen molar-refractivity contribution < 1.29 is 19.5 Å². The highest BCUT2D eigenvalue weighted by molar-refractivity contribution is 6.39. The first-order chi connectivity index (χ1) is 18.4. The van der Waals surface area contributed by atoms with Gasteiger partial charge >= 0.3 is 6.03 Å². The van der Waals surface area contributed by atoms with Gasteiger partial charge in [0.25, 0.3) is 11.8 Å². The van der Waals surface area contributed by atoms with E-state index in [2.05, 4.69) is 17.4 Å². The second-order valence-corrected chi connectivity index (χ2v) is 11.5. The lowest BCUT2D eigenvalue weighted by molar-refractivity contribution is -0.122.